The minimum absolute atomic E-state index is 0.497. The molecule has 3 heteroatoms. The fourth-order valence-electron chi connectivity index (χ4n) is 1.68. The summed E-state index contributed by atoms with van der Waals surface area (Å²) in [6.45, 7) is 2.24. The van der Waals surface area contributed by atoms with E-state index in [9.17, 15) is 0 Å². The maximum absolute atomic E-state index is 8.83. The molecule has 3 nitrogen and oxygen atoms in total. The molecule has 0 aliphatic carbocycles. The SMILES string of the molecule is C/C(=N\O)c1ccccc1OCc1ccccc1. The van der Waals surface area contributed by atoms with Crippen LogP contribution in [0.4, 0.5) is 0 Å². The van der Waals surface area contributed by atoms with Crippen LogP contribution in [0.2, 0.25) is 0 Å². The van der Waals surface area contributed by atoms with E-state index in [1.165, 1.54) is 0 Å². The summed E-state index contributed by atoms with van der Waals surface area (Å²) >= 11 is 0. The van der Waals surface area contributed by atoms with Crippen molar-refractivity contribution in [1.82, 2.24) is 0 Å². The number of rotatable bonds is 4. The van der Waals surface area contributed by atoms with Gasteiger partial charge >= 0.3 is 0 Å². The van der Waals surface area contributed by atoms with Gasteiger partial charge in [-0.2, -0.15) is 0 Å². The lowest BCUT2D eigenvalue weighted by atomic mass is 10.1. The molecule has 0 saturated heterocycles. The molecule has 0 spiro atoms. The molecule has 2 aromatic carbocycles. The largest absolute Gasteiger partial charge is 0.488 e. The average molecular weight is 241 g/mol. The second-order valence-electron chi connectivity index (χ2n) is 3.96. The average Bonchev–Trinajstić information content (AvgIpc) is 2.45. The van der Waals surface area contributed by atoms with Crippen LogP contribution in [0, 0.1) is 0 Å². The van der Waals surface area contributed by atoms with E-state index in [1.807, 2.05) is 54.6 Å². The van der Waals surface area contributed by atoms with Crippen molar-refractivity contribution < 1.29 is 9.94 Å². The number of hydrogen-bond donors (Lipinski definition) is 1. The predicted octanol–water partition coefficient (Wildman–Crippen LogP) is 3.46. The third-order valence-electron chi connectivity index (χ3n) is 2.66. The summed E-state index contributed by atoms with van der Waals surface area (Å²) < 4.78 is 5.75. The van der Waals surface area contributed by atoms with Crippen molar-refractivity contribution in [3.63, 3.8) is 0 Å². The molecule has 0 radical (unpaired) electrons. The molecule has 0 heterocycles. The lowest BCUT2D eigenvalue weighted by molar-refractivity contribution is 0.303. The Balaban J connectivity index is 2.15. The molecule has 0 aliphatic heterocycles. The van der Waals surface area contributed by atoms with E-state index >= 15 is 0 Å². The molecular formula is C15H15NO2. The van der Waals surface area contributed by atoms with Gasteiger partial charge in [-0.1, -0.05) is 47.6 Å². The van der Waals surface area contributed by atoms with Crippen molar-refractivity contribution in [2.24, 2.45) is 5.16 Å². The summed E-state index contributed by atoms with van der Waals surface area (Å²) in [6.07, 6.45) is 0. The fraction of sp³-hybridized carbons (Fsp3) is 0.133. The van der Waals surface area contributed by atoms with Gasteiger partial charge < -0.3 is 9.94 Å². The Bertz CT molecular complexity index is 535. The molecule has 2 rings (SSSR count). The molecule has 0 aromatic heterocycles. The quantitative estimate of drug-likeness (QED) is 0.506. The van der Waals surface area contributed by atoms with Crippen LogP contribution in [-0.4, -0.2) is 10.9 Å². The maximum atomic E-state index is 8.83. The molecular weight excluding hydrogens is 226 g/mol. The van der Waals surface area contributed by atoms with Crippen LogP contribution in [0.3, 0.4) is 0 Å². The zero-order chi connectivity index (χ0) is 12.8. The molecule has 0 bridgehead atoms. The highest BCUT2D eigenvalue weighted by Gasteiger charge is 2.06. The van der Waals surface area contributed by atoms with Gasteiger partial charge in [-0.15, -0.1) is 0 Å². The van der Waals surface area contributed by atoms with Gasteiger partial charge in [0, 0.05) is 5.56 Å². The topological polar surface area (TPSA) is 41.8 Å². The summed E-state index contributed by atoms with van der Waals surface area (Å²) in [5.41, 5.74) is 2.44. The zero-order valence-corrected chi connectivity index (χ0v) is 10.2. The van der Waals surface area contributed by atoms with Crippen LogP contribution >= 0.6 is 0 Å². The summed E-state index contributed by atoms with van der Waals surface area (Å²) in [5, 5.41) is 12.0. The Morgan fingerprint density at radius 3 is 2.44 bits per heavy atom. The van der Waals surface area contributed by atoms with E-state index in [-0.39, 0.29) is 0 Å². The molecule has 0 amide bonds. The molecule has 0 aliphatic rings. The highest BCUT2D eigenvalue weighted by Crippen LogP contribution is 2.20. The predicted molar refractivity (Wildman–Crippen MR) is 71.2 cm³/mol. The summed E-state index contributed by atoms with van der Waals surface area (Å²) in [6, 6.07) is 17.5. The normalized spacial score (nSPS) is 11.3. The van der Waals surface area contributed by atoms with Crippen molar-refractivity contribution in [3.05, 3.63) is 65.7 Å². The van der Waals surface area contributed by atoms with E-state index < -0.39 is 0 Å². The van der Waals surface area contributed by atoms with E-state index in [4.69, 9.17) is 9.94 Å². The lowest BCUT2D eigenvalue weighted by Crippen LogP contribution is -2.02. The van der Waals surface area contributed by atoms with Gasteiger partial charge in [0.05, 0.1) is 5.71 Å². The number of nitrogens with zero attached hydrogens (tertiary/aromatic N) is 1. The minimum atomic E-state index is 0.497. The van der Waals surface area contributed by atoms with Crippen molar-refractivity contribution >= 4 is 5.71 Å². The van der Waals surface area contributed by atoms with Crippen LogP contribution in [0.1, 0.15) is 18.1 Å². The first-order chi connectivity index (χ1) is 8.81. The molecule has 0 atom stereocenters. The molecule has 0 saturated carbocycles. The molecule has 0 unspecified atom stereocenters. The van der Waals surface area contributed by atoms with Crippen molar-refractivity contribution in [2.75, 3.05) is 0 Å². The van der Waals surface area contributed by atoms with Gasteiger partial charge in [-0.05, 0) is 24.6 Å². The van der Waals surface area contributed by atoms with Crippen LogP contribution in [0.15, 0.2) is 59.8 Å². The Kier molecular flexibility index (Phi) is 3.97. The van der Waals surface area contributed by atoms with Crippen LogP contribution < -0.4 is 4.74 Å². The van der Waals surface area contributed by atoms with Gasteiger partial charge in [-0.3, -0.25) is 0 Å². The monoisotopic (exact) mass is 241 g/mol. The molecule has 0 fully saturated rings. The van der Waals surface area contributed by atoms with Gasteiger partial charge in [0.15, 0.2) is 0 Å². The number of ether oxygens (including phenoxy) is 1. The Hall–Kier alpha value is -2.29. The molecule has 1 N–H and O–H groups in total. The second kappa shape index (κ2) is 5.87. The standard InChI is InChI=1S/C15H15NO2/c1-12(16-17)14-9-5-6-10-15(14)18-11-13-7-3-2-4-8-13/h2-10,17H,11H2,1H3/b16-12+. The van der Waals surface area contributed by atoms with Crippen molar-refractivity contribution in [1.29, 1.82) is 0 Å². The number of oxime groups is 1. The maximum Gasteiger partial charge on any atom is 0.128 e. The molecule has 92 valence electrons. The highest BCUT2D eigenvalue weighted by atomic mass is 16.5. The van der Waals surface area contributed by atoms with Crippen LogP contribution in [0.25, 0.3) is 0 Å². The Morgan fingerprint density at radius 2 is 1.72 bits per heavy atom. The molecule has 2 aromatic rings. The van der Waals surface area contributed by atoms with E-state index in [0.717, 1.165) is 16.9 Å². The molecule has 18 heavy (non-hydrogen) atoms. The van der Waals surface area contributed by atoms with Gasteiger partial charge in [0.1, 0.15) is 12.4 Å². The zero-order valence-electron chi connectivity index (χ0n) is 10.2. The second-order valence-corrected chi connectivity index (χ2v) is 3.96. The number of benzene rings is 2. The van der Waals surface area contributed by atoms with Crippen molar-refractivity contribution in [3.8, 4) is 5.75 Å². The van der Waals surface area contributed by atoms with E-state index in [1.54, 1.807) is 6.92 Å². The van der Waals surface area contributed by atoms with E-state index in [0.29, 0.717) is 12.3 Å². The summed E-state index contributed by atoms with van der Waals surface area (Å²) in [7, 11) is 0. The van der Waals surface area contributed by atoms with Crippen molar-refractivity contribution in [2.45, 2.75) is 13.5 Å². The first kappa shape index (κ1) is 12.2. The van der Waals surface area contributed by atoms with E-state index in [2.05, 4.69) is 5.16 Å². The summed E-state index contributed by atoms with van der Waals surface area (Å²) in [4.78, 5) is 0. The number of hydrogen-bond acceptors (Lipinski definition) is 3. The Labute approximate surface area is 106 Å². The Morgan fingerprint density at radius 1 is 1.06 bits per heavy atom. The van der Waals surface area contributed by atoms with Crippen LogP contribution in [-0.2, 0) is 6.61 Å². The fourth-order valence-corrected chi connectivity index (χ4v) is 1.68. The third kappa shape index (κ3) is 2.88. The van der Waals surface area contributed by atoms with Crippen LogP contribution in [0.5, 0.6) is 5.75 Å². The minimum Gasteiger partial charge on any atom is -0.488 e. The van der Waals surface area contributed by atoms with Gasteiger partial charge in [0.2, 0.25) is 0 Å². The lowest BCUT2D eigenvalue weighted by Gasteiger charge is -2.10. The smallest absolute Gasteiger partial charge is 0.128 e. The first-order valence-electron chi connectivity index (χ1n) is 5.76. The number of para-hydroxylation sites is 1. The third-order valence-corrected chi connectivity index (χ3v) is 2.66. The highest BCUT2D eigenvalue weighted by molar-refractivity contribution is 6.00. The summed E-state index contributed by atoms with van der Waals surface area (Å²) in [5.74, 6) is 0.719. The van der Waals surface area contributed by atoms with Gasteiger partial charge in [-0.25, -0.2) is 0 Å². The first-order valence-corrected chi connectivity index (χ1v) is 5.76. The van der Waals surface area contributed by atoms with Gasteiger partial charge in [0.25, 0.3) is 0 Å².